The number of halogens is 16. The van der Waals surface area contributed by atoms with Crippen LogP contribution in [0.4, 0.5) is 64.3 Å². The monoisotopic (exact) mass is 806 g/mol. The SMILES string of the molecule is N#Cc1cc(N)n(-c2c(Cl)cc(C(F)(F)F)cc2Cl)n1.N#Cc1nn(-c2c(Cl)cc(C(F)(F)F)cc2Cl)c(N)c1C(O)(C(F)(F)F)C(F)(F)F. The van der Waals surface area contributed by atoms with Crippen molar-refractivity contribution in [2.45, 2.75) is 30.3 Å². The first kappa shape index (κ1) is 40.2. The molecule has 0 saturated heterocycles. The molecule has 0 aliphatic rings. The molecule has 0 amide bonds. The van der Waals surface area contributed by atoms with Gasteiger partial charge in [0.15, 0.2) is 11.4 Å². The topological polar surface area (TPSA) is 155 Å². The van der Waals surface area contributed by atoms with Crippen LogP contribution in [0.3, 0.4) is 0 Å². The summed E-state index contributed by atoms with van der Waals surface area (Å²) in [4.78, 5) is 0. The first-order valence-electron chi connectivity index (χ1n) is 12.2. The molecule has 4 aromatic rings. The van der Waals surface area contributed by atoms with Crippen molar-refractivity contribution in [1.29, 1.82) is 10.5 Å². The number of nitriles is 2. The number of rotatable bonds is 3. The van der Waals surface area contributed by atoms with Crippen LogP contribution >= 0.6 is 46.4 Å². The van der Waals surface area contributed by atoms with Gasteiger partial charge in [-0.1, -0.05) is 46.4 Å². The van der Waals surface area contributed by atoms with Gasteiger partial charge < -0.3 is 16.6 Å². The molecule has 50 heavy (non-hydrogen) atoms. The molecule has 0 unspecified atom stereocenters. The minimum absolute atomic E-state index is 0.00115. The van der Waals surface area contributed by atoms with Crippen LogP contribution in [0, 0.1) is 22.7 Å². The molecule has 0 spiro atoms. The highest BCUT2D eigenvalue weighted by Gasteiger charge is 2.73. The first-order chi connectivity index (χ1) is 22.6. The van der Waals surface area contributed by atoms with E-state index in [1.54, 1.807) is 6.07 Å². The zero-order chi connectivity index (χ0) is 38.5. The van der Waals surface area contributed by atoms with Gasteiger partial charge in [-0.25, -0.2) is 9.36 Å². The summed E-state index contributed by atoms with van der Waals surface area (Å²) in [6.45, 7) is 0. The molecule has 0 fully saturated rings. The third kappa shape index (κ3) is 7.42. The van der Waals surface area contributed by atoms with Crippen molar-refractivity contribution in [3.05, 3.63) is 78.5 Å². The lowest BCUT2D eigenvalue weighted by molar-refractivity contribution is -0.376. The van der Waals surface area contributed by atoms with Crippen LogP contribution in [0.5, 0.6) is 0 Å². The average Bonchev–Trinajstić information content (AvgIpc) is 3.49. The van der Waals surface area contributed by atoms with E-state index in [1.807, 2.05) is 0 Å². The summed E-state index contributed by atoms with van der Waals surface area (Å²) in [7, 11) is 0. The van der Waals surface area contributed by atoms with Crippen molar-refractivity contribution in [3.63, 3.8) is 0 Å². The summed E-state index contributed by atoms with van der Waals surface area (Å²) in [6, 6.07) is 5.88. The third-order valence-corrected chi connectivity index (χ3v) is 7.33. The Hall–Kier alpha value is -4.28. The summed E-state index contributed by atoms with van der Waals surface area (Å²) >= 11 is 22.9. The Bertz CT molecular complexity index is 1980. The highest BCUT2D eigenvalue weighted by molar-refractivity contribution is 6.38. The molecule has 0 bridgehead atoms. The Balaban J connectivity index is 0.000000292. The molecule has 2 aromatic heterocycles. The van der Waals surface area contributed by atoms with Crippen LogP contribution in [0.1, 0.15) is 28.1 Å². The normalized spacial score (nSPS) is 12.6. The first-order valence-corrected chi connectivity index (χ1v) is 13.7. The number of alkyl halides is 12. The molecular formula is C25H10Cl4F12N8O. The van der Waals surface area contributed by atoms with Crippen molar-refractivity contribution in [1.82, 2.24) is 19.6 Å². The Morgan fingerprint density at radius 3 is 1.30 bits per heavy atom. The molecule has 0 saturated carbocycles. The maximum absolute atomic E-state index is 13.2. The Kier molecular flexibility index (Phi) is 10.8. The van der Waals surface area contributed by atoms with Gasteiger partial charge in [-0.05, 0) is 24.3 Å². The maximum Gasteiger partial charge on any atom is 0.430 e. The van der Waals surface area contributed by atoms with E-state index >= 15 is 0 Å². The number of aromatic nitrogens is 4. The van der Waals surface area contributed by atoms with E-state index in [0.29, 0.717) is 0 Å². The summed E-state index contributed by atoms with van der Waals surface area (Å²) < 4.78 is 156. The minimum atomic E-state index is -6.41. The Labute approximate surface area is 289 Å². The van der Waals surface area contributed by atoms with Crippen LogP contribution in [0.15, 0.2) is 30.3 Å². The highest BCUT2D eigenvalue weighted by Crippen LogP contribution is 2.53. The van der Waals surface area contributed by atoms with E-state index in [4.69, 9.17) is 68.4 Å². The Morgan fingerprint density at radius 2 is 1.00 bits per heavy atom. The van der Waals surface area contributed by atoms with Crippen LogP contribution < -0.4 is 11.5 Å². The zero-order valence-electron chi connectivity index (χ0n) is 23.2. The molecule has 0 aliphatic carbocycles. The van der Waals surface area contributed by atoms with Crippen molar-refractivity contribution in [2.24, 2.45) is 0 Å². The minimum Gasteiger partial charge on any atom is -0.384 e. The molecule has 25 heteroatoms. The second-order valence-corrected chi connectivity index (χ2v) is 11.0. The number of hydrogen-bond donors (Lipinski definition) is 3. The second-order valence-electron chi connectivity index (χ2n) is 9.39. The molecule has 0 atom stereocenters. The van der Waals surface area contributed by atoms with E-state index < -0.39 is 74.2 Å². The van der Waals surface area contributed by atoms with Gasteiger partial charge in [-0.2, -0.15) is 73.4 Å². The number of nitrogens with zero attached hydrogens (tertiary/aromatic N) is 6. The summed E-state index contributed by atoms with van der Waals surface area (Å²) in [6.07, 6.45) is -22.3. The summed E-state index contributed by atoms with van der Waals surface area (Å²) in [5.74, 6) is -1.54. The van der Waals surface area contributed by atoms with Crippen molar-refractivity contribution >= 4 is 58.0 Å². The maximum atomic E-state index is 13.2. The van der Waals surface area contributed by atoms with E-state index in [-0.39, 0.29) is 44.1 Å². The lowest BCUT2D eigenvalue weighted by Crippen LogP contribution is -2.54. The predicted octanol–water partition coefficient (Wildman–Crippen LogP) is 8.62. The molecule has 4 rings (SSSR count). The molecular weight excluding hydrogens is 798 g/mol. The van der Waals surface area contributed by atoms with Gasteiger partial charge in [-0.15, -0.1) is 0 Å². The highest BCUT2D eigenvalue weighted by atomic mass is 35.5. The number of benzene rings is 2. The number of anilines is 2. The molecule has 2 aromatic carbocycles. The lowest BCUT2D eigenvalue weighted by atomic mass is 9.91. The van der Waals surface area contributed by atoms with Crippen molar-refractivity contribution in [3.8, 4) is 23.5 Å². The van der Waals surface area contributed by atoms with E-state index in [9.17, 15) is 57.8 Å². The number of nitrogens with two attached hydrogens (primary N) is 2. The van der Waals surface area contributed by atoms with Gasteiger partial charge in [0.2, 0.25) is 0 Å². The standard InChI is InChI=1S/C14H5Cl2F9N4O.C11H5Cl2F3N4/c15-5-1-4(12(17,18)19)2-6(16)9(5)29-10(27)8(7(3-26)28-29)11(30,13(20,21)22)14(23,24)25;12-7-1-5(11(14,15)16)2-8(13)10(7)20-9(18)3-6(4-17)19-20/h1-2,30H,27H2;1-3H,18H2. The quantitative estimate of drug-likeness (QED) is 0.175. The van der Waals surface area contributed by atoms with Crippen LogP contribution in [-0.4, -0.2) is 37.0 Å². The van der Waals surface area contributed by atoms with Gasteiger partial charge in [0.1, 0.15) is 35.1 Å². The van der Waals surface area contributed by atoms with Gasteiger partial charge in [0.05, 0.1) is 36.8 Å². The van der Waals surface area contributed by atoms with Crippen molar-refractivity contribution in [2.75, 3.05) is 11.5 Å². The summed E-state index contributed by atoms with van der Waals surface area (Å²) in [5, 5.41) is 31.8. The van der Waals surface area contributed by atoms with Gasteiger partial charge in [-0.3, -0.25) is 0 Å². The molecule has 9 nitrogen and oxygen atoms in total. The largest absolute Gasteiger partial charge is 0.430 e. The third-order valence-electron chi connectivity index (χ3n) is 6.17. The molecule has 0 aliphatic heterocycles. The lowest BCUT2D eigenvalue weighted by Gasteiger charge is -2.32. The number of aliphatic hydroxyl groups is 1. The van der Waals surface area contributed by atoms with Gasteiger partial charge >= 0.3 is 24.7 Å². The van der Waals surface area contributed by atoms with E-state index in [1.165, 1.54) is 6.07 Å². The molecule has 2 heterocycles. The van der Waals surface area contributed by atoms with Gasteiger partial charge in [0.25, 0.3) is 5.60 Å². The van der Waals surface area contributed by atoms with E-state index in [0.717, 1.165) is 22.9 Å². The molecule has 5 N–H and O–H groups in total. The van der Waals surface area contributed by atoms with Crippen LogP contribution in [-0.2, 0) is 18.0 Å². The van der Waals surface area contributed by atoms with Gasteiger partial charge in [0, 0.05) is 6.07 Å². The fraction of sp³-hybridized carbons (Fsp3) is 0.200. The van der Waals surface area contributed by atoms with Crippen LogP contribution in [0.2, 0.25) is 20.1 Å². The van der Waals surface area contributed by atoms with Crippen molar-refractivity contribution < 1.29 is 57.8 Å². The fourth-order valence-electron chi connectivity index (χ4n) is 3.97. The number of hydrogen-bond acceptors (Lipinski definition) is 7. The fourth-order valence-corrected chi connectivity index (χ4v) is 5.27. The zero-order valence-corrected chi connectivity index (χ0v) is 26.2. The van der Waals surface area contributed by atoms with Crippen LogP contribution in [0.25, 0.3) is 11.4 Å². The predicted molar refractivity (Wildman–Crippen MR) is 151 cm³/mol. The second kappa shape index (κ2) is 13.5. The molecule has 0 radical (unpaired) electrons. The average molecular weight is 808 g/mol. The van der Waals surface area contributed by atoms with E-state index in [2.05, 4.69) is 10.2 Å². The summed E-state index contributed by atoms with van der Waals surface area (Å²) in [5.41, 5.74) is -1.75. The number of nitrogen functional groups attached to an aromatic ring is 2. The molecule has 268 valence electrons. The smallest absolute Gasteiger partial charge is 0.384 e. The Morgan fingerprint density at radius 1 is 0.620 bits per heavy atom.